The van der Waals surface area contributed by atoms with Gasteiger partial charge in [0, 0.05) is 54.4 Å². The number of nitrogens with one attached hydrogen (secondary N) is 1. The Kier molecular flexibility index (Phi) is 5.68. The van der Waals surface area contributed by atoms with Gasteiger partial charge in [0.15, 0.2) is 0 Å². The molecule has 0 amide bonds. The molecule has 0 spiro atoms. The van der Waals surface area contributed by atoms with Gasteiger partial charge in [0.1, 0.15) is 23.3 Å². The number of nitrogens with zero attached hydrogens (tertiary/aromatic N) is 5. The molecule has 3 aromatic heterocycles. The van der Waals surface area contributed by atoms with Crippen LogP contribution in [0.3, 0.4) is 0 Å². The van der Waals surface area contributed by atoms with Gasteiger partial charge in [0.25, 0.3) is 5.56 Å². The quantitative estimate of drug-likeness (QED) is 0.474. The molecule has 7 nitrogen and oxygen atoms in total. The summed E-state index contributed by atoms with van der Waals surface area (Å²) in [5, 5.41) is 17.2. The Morgan fingerprint density at radius 2 is 1.91 bits per heavy atom. The largest absolute Gasteiger partial charge is 0.367 e. The number of aromatic nitrogens is 4. The first kappa shape index (κ1) is 21.6. The predicted octanol–water partition coefficient (Wildman–Crippen LogP) is 4.67. The van der Waals surface area contributed by atoms with Gasteiger partial charge in [-0.15, -0.1) is 0 Å². The van der Waals surface area contributed by atoms with Gasteiger partial charge in [0.05, 0.1) is 11.9 Å². The third kappa shape index (κ3) is 4.08. The molecular weight excluding hydrogens is 431 g/mol. The molecule has 5 rings (SSSR count). The van der Waals surface area contributed by atoms with Crippen molar-refractivity contribution in [1.82, 2.24) is 19.3 Å². The van der Waals surface area contributed by atoms with Crippen LogP contribution in [0.5, 0.6) is 0 Å². The van der Waals surface area contributed by atoms with Crippen LogP contribution in [-0.2, 0) is 7.05 Å². The van der Waals surface area contributed by atoms with E-state index >= 15 is 0 Å². The highest BCUT2D eigenvalue weighted by Crippen LogP contribution is 2.32. The number of halogens is 1. The third-order valence-corrected chi connectivity index (χ3v) is 6.25. The zero-order valence-electron chi connectivity index (χ0n) is 18.7. The number of benzene rings is 1. The summed E-state index contributed by atoms with van der Waals surface area (Å²) in [5.41, 5.74) is 3.17. The van der Waals surface area contributed by atoms with E-state index in [1.807, 2.05) is 18.2 Å². The minimum atomic E-state index is -0.600. The van der Waals surface area contributed by atoms with Crippen molar-refractivity contribution in [1.29, 1.82) is 5.26 Å². The Morgan fingerprint density at radius 1 is 1.09 bits per heavy atom. The second-order valence-electron chi connectivity index (χ2n) is 8.53. The Morgan fingerprint density at radius 3 is 2.65 bits per heavy atom. The summed E-state index contributed by atoms with van der Waals surface area (Å²) in [6, 6.07) is 12.3. The predicted molar refractivity (Wildman–Crippen MR) is 128 cm³/mol. The summed E-state index contributed by atoms with van der Waals surface area (Å²) >= 11 is 0. The fourth-order valence-electron chi connectivity index (χ4n) is 4.42. The van der Waals surface area contributed by atoms with Crippen LogP contribution in [0.25, 0.3) is 27.9 Å². The lowest BCUT2D eigenvalue weighted by Crippen LogP contribution is -2.16. The van der Waals surface area contributed by atoms with Gasteiger partial charge in [-0.25, -0.2) is 14.1 Å². The Bertz CT molecular complexity index is 1440. The van der Waals surface area contributed by atoms with E-state index in [-0.39, 0.29) is 11.1 Å². The monoisotopic (exact) mass is 454 g/mol. The van der Waals surface area contributed by atoms with Crippen molar-refractivity contribution in [2.45, 2.75) is 31.7 Å². The molecule has 1 fully saturated rings. The van der Waals surface area contributed by atoms with Gasteiger partial charge < -0.3 is 9.88 Å². The van der Waals surface area contributed by atoms with Gasteiger partial charge in [0.2, 0.25) is 0 Å². The zero-order chi connectivity index (χ0) is 23.7. The summed E-state index contributed by atoms with van der Waals surface area (Å²) in [7, 11) is 1.69. The first-order valence-corrected chi connectivity index (χ1v) is 11.2. The molecule has 4 aromatic rings. The summed E-state index contributed by atoms with van der Waals surface area (Å²) in [4.78, 5) is 17.0. The number of nitriles is 1. The van der Waals surface area contributed by atoms with Crippen LogP contribution in [0.15, 0.2) is 66.0 Å². The second-order valence-corrected chi connectivity index (χ2v) is 8.53. The summed E-state index contributed by atoms with van der Waals surface area (Å²) < 4.78 is 17.1. The van der Waals surface area contributed by atoms with E-state index in [0.717, 1.165) is 40.9 Å². The number of rotatable bonds is 5. The van der Waals surface area contributed by atoms with Crippen LogP contribution >= 0.6 is 0 Å². The average Bonchev–Trinajstić information content (AvgIpc) is 3.53. The van der Waals surface area contributed by atoms with E-state index in [9.17, 15) is 14.4 Å². The summed E-state index contributed by atoms with van der Waals surface area (Å²) in [5.74, 6) is 0.223. The molecule has 1 N–H and O–H groups in total. The molecule has 0 bridgehead atoms. The lowest BCUT2D eigenvalue weighted by atomic mass is 9.99. The van der Waals surface area contributed by atoms with Crippen molar-refractivity contribution in [3.63, 3.8) is 0 Å². The molecule has 0 saturated heterocycles. The lowest BCUT2D eigenvalue weighted by molar-refractivity contribution is 0.621. The van der Waals surface area contributed by atoms with Gasteiger partial charge in [-0.3, -0.25) is 4.79 Å². The van der Waals surface area contributed by atoms with E-state index in [1.54, 1.807) is 44.0 Å². The topological polar surface area (TPSA) is 88.5 Å². The van der Waals surface area contributed by atoms with E-state index < -0.39 is 5.82 Å². The van der Waals surface area contributed by atoms with Gasteiger partial charge >= 0.3 is 0 Å². The molecule has 170 valence electrons. The molecule has 1 aromatic carbocycles. The van der Waals surface area contributed by atoms with E-state index in [1.165, 1.54) is 34.2 Å². The number of anilines is 1. The minimum Gasteiger partial charge on any atom is -0.367 e. The Hall–Kier alpha value is -4.25. The number of pyridine rings is 2. The summed E-state index contributed by atoms with van der Waals surface area (Å²) in [6.45, 7) is 0. The second kappa shape index (κ2) is 8.94. The first-order chi connectivity index (χ1) is 16.5. The van der Waals surface area contributed by atoms with Crippen molar-refractivity contribution in [3.05, 3.63) is 82.9 Å². The van der Waals surface area contributed by atoms with Crippen LogP contribution in [0, 0.1) is 17.1 Å². The number of hydrogen-bond acceptors (Lipinski definition) is 5. The van der Waals surface area contributed by atoms with Gasteiger partial charge in [-0.2, -0.15) is 10.4 Å². The van der Waals surface area contributed by atoms with Crippen molar-refractivity contribution in [3.8, 4) is 34.0 Å². The highest BCUT2D eigenvalue weighted by atomic mass is 19.1. The molecule has 3 heterocycles. The van der Waals surface area contributed by atoms with E-state index in [4.69, 9.17) is 0 Å². The minimum absolute atomic E-state index is 0.0765. The molecule has 0 radical (unpaired) electrons. The first-order valence-electron chi connectivity index (χ1n) is 11.2. The fraction of sp³-hybridized carbons (Fsp3) is 0.231. The molecular formula is C26H23FN6O. The van der Waals surface area contributed by atoms with Crippen molar-refractivity contribution in [2.75, 3.05) is 5.32 Å². The zero-order valence-corrected chi connectivity index (χ0v) is 18.7. The summed E-state index contributed by atoms with van der Waals surface area (Å²) in [6.07, 6.45) is 11.7. The van der Waals surface area contributed by atoms with Crippen molar-refractivity contribution in [2.24, 2.45) is 7.05 Å². The third-order valence-electron chi connectivity index (χ3n) is 6.25. The van der Waals surface area contributed by atoms with Gasteiger partial charge in [-0.1, -0.05) is 18.9 Å². The Labute approximate surface area is 196 Å². The molecule has 1 aliphatic rings. The number of hydrogen-bond donors (Lipinski definition) is 1. The maximum absolute atomic E-state index is 14.1. The molecule has 0 atom stereocenters. The molecule has 34 heavy (non-hydrogen) atoms. The normalized spacial score (nSPS) is 13.7. The highest BCUT2D eigenvalue weighted by molar-refractivity contribution is 5.82. The molecule has 1 saturated carbocycles. The van der Waals surface area contributed by atoms with E-state index in [2.05, 4.69) is 15.4 Å². The molecule has 8 heteroatoms. The molecule has 0 unspecified atom stereocenters. The SMILES string of the molecule is Cn1cc(-c2cnn(-c3cccc(F)c3C#N)c2)c(-c2ccc(NC3CCCC3)nc2)cc1=O. The highest BCUT2D eigenvalue weighted by Gasteiger charge is 2.17. The maximum atomic E-state index is 14.1. The number of aryl methyl sites for hydroxylation is 1. The standard InChI is InChI=1S/C26H23FN6O/c1-32-16-22(18-14-30-33(15-18)24-8-4-7-23(27)21(24)12-28)20(11-26(32)34)17-9-10-25(29-13-17)31-19-5-2-3-6-19/h4,7-11,13-16,19H,2-3,5-6H2,1H3,(H,29,31). The lowest BCUT2D eigenvalue weighted by Gasteiger charge is -2.14. The fourth-order valence-corrected chi connectivity index (χ4v) is 4.42. The van der Waals surface area contributed by atoms with Crippen molar-refractivity contribution < 1.29 is 4.39 Å². The van der Waals surface area contributed by atoms with Crippen LogP contribution in [0.1, 0.15) is 31.2 Å². The molecule has 1 aliphatic carbocycles. The van der Waals surface area contributed by atoms with Gasteiger partial charge in [-0.05, 0) is 42.7 Å². The van der Waals surface area contributed by atoms with Crippen molar-refractivity contribution >= 4 is 5.82 Å². The maximum Gasteiger partial charge on any atom is 0.250 e. The smallest absolute Gasteiger partial charge is 0.250 e. The average molecular weight is 455 g/mol. The van der Waals surface area contributed by atoms with E-state index in [0.29, 0.717) is 11.7 Å². The van der Waals surface area contributed by atoms with Crippen LogP contribution in [0.2, 0.25) is 0 Å². The van der Waals surface area contributed by atoms with Crippen LogP contribution in [-0.4, -0.2) is 25.4 Å². The Balaban J connectivity index is 1.53. The van der Waals surface area contributed by atoms with Crippen LogP contribution in [0.4, 0.5) is 10.2 Å². The molecule has 0 aliphatic heterocycles. The van der Waals surface area contributed by atoms with Crippen LogP contribution < -0.4 is 10.9 Å².